The number of imidazole rings is 2. The Kier molecular flexibility index (Phi) is 5.49. The van der Waals surface area contributed by atoms with Gasteiger partial charge in [0.1, 0.15) is 11.6 Å². The molecule has 7 rings (SSSR count). The number of benzene rings is 2. The van der Waals surface area contributed by atoms with Crippen LogP contribution in [0.25, 0.3) is 43.7 Å². The van der Waals surface area contributed by atoms with E-state index in [1.54, 1.807) is 0 Å². The minimum absolute atomic E-state index is 0.345. The van der Waals surface area contributed by atoms with Gasteiger partial charge in [-0.3, -0.25) is 0 Å². The van der Waals surface area contributed by atoms with E-state index < -0.39 is 0 Å². The summed E-state index contributed by atoms with van der Waals surface area (Å²) in [7, 11) is 0. The third-order valence-electron chi connectivity index (χ3n) is 7.55. The summed E-state index contributed by atoms with van der Waals surface area (Å²) >= 11 is 1.85. The van der Waals surface area contributed by atoms with Crippen molar-refractivity contribution >= 4 is 21.4 Å². The second kappa shape index (κ2) is 9.00. The number of hydrogen-bond donors (Lipinski definition) is 4. The first-order valence-electron chi connectivity index (χ1n) is 12.9. The van der Waals surface area contributed by atoms with Gasteiger partial charge in [0.2, 0.25) is 0 Å². The van der Waals surface area contributed by atoms with Gasteiger partial charge in [0.15, 0.2) is 0 Å². The van der Waals surface area contributed by atoms with Crippen molar-refractivity contribution in [2.75, 3.05) is 13.1 Å². The van der Waals surface area contributed by atoms with Crippen molar-refractivity contribution in [1.82, 2.24) is 30.6 Å². The van der Waals surface area contributed by atoms with Crippen molar-refractivity contribution in [3.05, 3.63) is 71.4 Å². The summed E-state index contributed by atoms with van der Waals surface area (Å²) in [6, 6.07) is 16.3. The zero-order valence-corrected chi connectivity index (χ0v) is 21.2. The number of aromatic amines is 2. The Morgan fingerprint density at radius 1 is 0.750 bits per heavy atom. The van der Waals surface area contributed by atoms with E-state index in [9.17, 15) is 0 Å². The van der Waals surface area contributed by atoms with Gasteiger partial charge >= 0.3 is 0 Å². The molecule has 0 aliphatic carbocycles. The molecule has 2 aliphatic heterocycles. The van der Waals surface area contributed by atoms with Crippen LogP contribution in [-0.2, 0) is 0 Å². The lowest BCUT2D eigenvalue weighted by Gasteiger charge is -2.08. The molecular weight excluding hydrogens is 464 g/mol. The fraction of sp³-hybridized carbons (Fsp3) is 0.310. The molecule has 5 heterocycles. The molecule has 36 heavy (non-hydrogen) atoms. The van der Waals surface area contributed by atoms with Gasteiger partial charge < -0.3 is 20.6 Å². The van der Waals surface area contributed by atoms with Crippen molar-refractivity contribution < 1.29 is 0 Å². The summed E-state index contributed by atoms with van der Waals surface area (Å²) in [5.41, 5.74) is 6.85. The molecule has 2 aliphatic rings. The molecule has 182 valence electrons. The van der Waals surface area contributed by atoms with Crippen molar-refractivity contribution in [3.63, 3.8) is 0 Å². The van der Waals surface area contributed by atoms with E-state index >= 15 is 0 Å². The van der Waals surface area contributed by atoms with Gasteiger partial charge in [-0.25, -0.2) is 9.97 Å². The number of aromatic nitrogens is 4. The standard InChI is InChI=1S/C29H30N6S/c1-17-14-22-20(10-11-21(27(22)36-17)26-16-33-29(35-26)24-5-3-13-31-24)18-6-8-19(9-7-18)25-15-32-28(34-25)23-4-2-12-30-23/h6-11,14-16,23-24,30-31H,2-5,12-13H2,1H3,(H,32,34)(H,33,35)/t23-,24-/m0/s1. The van der Waals surface area contributed by atoms with Crippen LogP contribution in [0.5, 0.6) is 0 Å². The first kappa shape index (κ1) is 22.0. The van der Waals surface area contributed by atoms with Gasteiger partial charge in [-0.1, -0.05) is 36.4 Å². The number of rotatable bonds is 5. The quantitative estimate of drug-likeness (QED) is 0.225. The highest BCUT2D eigenvalue weighted by Crippen LogP contribution is 2.40. The highest BCUT2D eigenvalue weighted by Gasteiger charge is 2.21. The number of fused-ring (bicyclic) bond motifs is 1. The number of hydrogen-bond acceptors (Lipinski definition) is 5. The molecule has 2 saturated heterocycles. The van der Waals surface area contributed by atoms with Crippen LogP contribution in [0.4, 0.5) is 0 Å². The predicted molar refractivity (Wildman–Crippen MR) is 147 cm³/mol. The molecule has 2 fully saturated rings. The van der Waals surface area contributed by atoms with Gasteiger partial charge in [0.25, 0.3) is 0 Å². The Labute approximate surface area is 214 Å². The Morgan fingerprint density at radius 3 is 2.03 bits per heavy atom. The summed E-state index contributed by atoms with van der Waals surface area (Å²) in [6.45, 7) is 4.33. The van der Waals surface area contributed by atoms with E-state index in [0.717, 1.165) is 54.5 Å². The molecule has 0 bridgehead atoms. The van der Waals surface area contributed by atoms with Crippen LogP contribution in [0.2, 0.25) is 0 Å². The Balaban J connectivity index is 1.21. The zero-order valence-electron chi connectivity index (χ0n) is 20.4. The molecule has 0 unspecified atom stereocenters. The number of H-pyrrole nitrogens is 2. The largest absolute Gasteiger partial charge is 0.347 e. The van der Waals surface area contributed by atoms with Crippen LogP contribution < -0.4 is 10.6 Å². The minimum atomic E-state index is 0.345. The first-order chi connectivity index (χ1) is 17.7. The SMILES string of the molecule is Cc1cc2c(-c3ccc(-c4c[nH]c([C@@H]5CCCN5)n4)cc3)ccc(-c3c[nH]c([C@@H]4CCCN4)n3)c2s1. The molecule has 3 aromatic heterocycles. The predicted octanol–water partition coefficient (Wildman–Crippen LogP) is 6.51. The third-order valence-corrected chi connectivity index (χ3v) is 8.63. The first-order valence-corrected chi connectivity index (χ1v) is 13.8. The van der Waals surface area contributed by atoms with Crippen molar-refractivity contribution in [3.8, 4) is 33.6 Å². The van der Waals surface area contributed by atoms with Gasteiger partial charge in [-0.05, 0) is 62.9 Å². The Morgan fingerprint density at radius 2 is 1.36 bits per heavy atom. The minimum Gasteiger partial charge on any atom is -0.347 e. The summed E-state index contributed by atoms with van der Waals surface area (Å²) in [5.74, 6) is 2.09. The molecule has 0 amide bonds. The summed E-state index contributed by atoms with van der Waals surface area (Å²) in [4.78, 5) is 18.0. The summed E-state index contributed by atoms with van der Waals surface area (Å²) in [5, 5.41) is 8.35. The van der Waals surface area contributed by atoms with Gasteiger partial charge in [0.05, 0.1) is 23.5 Å². The van der Waals surface area contributed by atoms with Crippen molar-refractivity contribution in [1.29, 1.82) is 0 Å². The zero-order chi connectivity index (χ0) is 24.1. The Bertz CT molecular complexity index is 1510. The van der Waals surface area contributed by atoms with Gasteiger partial charge in [-0.2, -0.15) is 0 Å². The van der Waals surface area contributed by atoms with E-state index in [1.165, 1.54) is 44.5 Å². The average Bonchev–Trinajstić information content (AvgIpc) is 3.73. The molecule has 2 aromatic carbocycles. The number of thiophene rings is 1. The summed E-state index contributed by atoms with van der Waals surface area (Å²) in [6.07, 6.45) is 8.80. The molecule has 0 radical (unpaired) electrons. The molecular formula is C29H30N6S. The lowest BCUT2D eigenvalue weighted by atomic mass is 9.97. The van der Waals surface area contributed by atoms with Crippen molar-refractivity contribution in [2.24, 2.45) is 0 Å². The maximum Gasteiger partial charge on any atom is 0.124 e. The fourth-order valence-corrected chi connectivity index (χ4v) is 6.73. The molecule has 2 atom stereocenters. The van der Waals surface area contributed by atoms with E-state index in [0.29, 0.717) is 12.1 Å². The molecule has 4 N–H and O–H groups in total. The Hall–Kier alpha value is -3.26. The second-order valence-electron chi connectivity index (χ2n) is 9.98. The van der Waals surface area contributed by atoms with Crippen LogP contribution >= 0.6 is 11.3 Å². The van der Waals surface area contributed by atoms with E-state index in [-0.39, 0.29) is 0 Å². The molecule has 6 nitrogen and oxygen atoms in total. The maximum atomic E-state index is 4.97. The average molecular weight is 495 g/mol. The number of nitrogens with zero attached hydrogens (tertiary/aromatic N) is 2. The van der Waals surface area contributed by atoms with E-state index in [2.05, 4.69) is 76.2 Å². The molecule has 0 spiro atoms. The second-order valence-corrected chi connectivity index (χ2v) is 11.2. The van der Waals surface area contributed by atoms with Crippen LogP contribution in [0.3, 0.4) is 0 Å². The third kappa shape index (κ3) is 3.88. The number of aryl methyl sites for hydroxylation is 1. The van der Waals surface area contributed by atoms with Crippen LogP contribution in [0.15, 0.2) is 54.9 Å². The van der Waals surface area contributed by atoms with Gasteiger partial charge in [-0.15, -0.1) is 11.3 Å². The maximum absolute atomic E-state index is 4.97. The van der Waals surface area contributed by atoms with E-state index in [4.69, 9.17) is 9.97 Å². The highest BCUT2D eigenvalue weighted by atomic mass is 32.1. The highest BCUT2D eigenvalue weighted by molar-refractivity contribution is 7.19. The van der Waals surface area contributed by atoms with E-state index in [1.807, 2.05) is 17.5 Å². The van der Waals surface area contributed by atoms with Crippen LogP contribution in [0.1, 0.15) is 54.3 Å². The van der Waals surface area contributed by atoms with Crippen LogP contribution in [-0.4, -0.2) is 33.0 Å². The topological polar surface area (TPSA) is 81.4 Å². The van der Waals surface area contributed by atoms with Crippen LogP contribution in [0, 0.1) is 6.92 Å². The lowest BCUT2D eigenvalue weighted by Crippen LogP contribution is -2.14. The fourth-order valence-electron chi connectivity index (χ4n) is 5.67. The number of nitrogens with one attached hydrogen (secondary N) is 4. The van der Waals surface area contributed by atoms with Gasteiger partial charge in [0, 0.05) is 38.5 Å². The molecule has 7 heteroatoms. The van der Waals surface area contributed by atoms with Crippen molar-refractivity contribution in [2.45, 2.75) is 44.7 Å². The normalized spacial score (nSPS) is 20.0. The molecule has 0 saturated carbocycles. The summed E-state index contributed by atoms with van der Waals surface area (Å²) < 4.78 is 1.30. The monoisotopic (exact) mass is 494 g/mol. The molecule has 5 aromatic rings. The smallest absolute Gasteiger partial charge is 0.124 e. The lowest BCUT2D eigenvalue weighted by molar-refractivity contribution is 0.613.